The van der Waals surface area contributed by atoms with Crippen molar-refractivity contribution in [2.24, 2.45) is 0 Å². The van der Waals surface area contributed by atoms with Crippen LogP contribution in [0.15, 0.2) is 53.0 Å². The molecule has 2 aromatic rings. The monoisotopic (exact) mass is 335 g/mol. The van der Waals surface area contributed by atoms with Crippen LogP contribution >= 0.6 is 15.9 Å². The molecule has 0 amide bonds. The van der Waals surface area contributed by atoms with Gasteiger partial charge < -0.3 is 5.32 Å². The number of halogens is 2. The lowest BCUT2D eigenvalue weighted by molar-refractivity contribution is 0.476. The predicted octanol–water partition coefficient (Wildman–Crippen LogP) is 4.87. The average Bonchev–Trinajstić information content (AvgIpc) is 2.39. The number of hydrogen-bond acceptors (Lipinski definition) is 1. The molecule has 0 fully saturated rings. The number of hydrogen-bond donors (Lipinski definition) is 1. The summed E-state index contributed by atoms with van der Waals surface area (Å²) in [5, 5.41) is 3.55. The predicted molar refractivity (Wildman–Crippen MR) is 85.3 cm³/mol. The molecule has 2 rings (SSSR count). The molecule has 3 heteroatoms. The van der Waals surface area contributed by atoms with Gasteiger partial charge in [0.15, 0.2) is 0 Å². The zero-order chi connectivity index (χ0) is 14.5. The Morgan fingerprint density at radius 3 is 2.45 bits per heavy atom. The molecule has 0 aliphatic heterocycles. The molecule has 106 valence electrons. The molecule has 0 bridgehead atoms. The number of nitrogens with one attached hydrogen (secondary N) is 1. The molecule has 0 aliphatic rings. The van der Waals surface area contributed by atoms with Crippen molar-refractivity contribution in [3.8, 4) is 0 Å². The van der Waals surface area contributed by atoms with E-state index in [0.717, 1.165) is 16.5 Å². The molecule has 0 saturated heterocycles. The quantitative estimate of drug-likeness (QED) is 0.821. The van der Waals surface area contributed by atoms with Crippen LogP contribution in [0.1, 0.15) is 31.0 Å². The van der Waals surface area contributed by atoms with Crippen LogP contribution in [-0.4, -0.2) is 6.04 Å². The SMILES string of the molecule is CC(Cc1cccc(F)c1)NC(C)c1ccc(Br)cc1. The van der Waals surface area contributed by atoms with Gasteiger partial charge in [0.25, 0.3) is 0 Å². The van der Waals surface area contributed by atoms with Crippen molar-refractivity contribution in [2.75, 3.05) is 0 Å². The van der Waals surface area contributed by atoms with Gasteiger partial charge in [-0.05, 0) is 55.7 Å². The first-order valence-electron chi connectivity index (χ1n) is 6.80. The molecule has 0 radical (unpaired) electrons. The van der Waals surface area contributed by atoms with Gasteiger partial charge in [0.2, 0.25) is 0 Å². The molecule has 2 unspecified atom stereocenters. The molecule has 2 atom stereocenters. The lowest BCUT2D eigenvalue weighted by Gasteiger charge is -2.20. The third kappa shape index (κ3) is 4.43. The van der Waals surface area contributed by atoms with Gasteiger partial charge in [0.1, 0.15) is 5.82 Å². The van der Waals surface area contributed by atoms with Gasteiger partial charge in [-0.25, -0.2) is 4.39 Å². The number of benzene rings is 2. The van der Waals surface area contributed by atoms with Crippen molar-refractivity contribution in [3.05, 3.63) is 69.9 Å². The Bertz CT molecular complexity index is 553. The van der Waals surface area contributed by atoms with Gasteiger partial charge in [-0.3, -0.25) is 0 Å². The number of rotatable bonds is 5. The van der Waals surface area contributed by atoms with E-state index in [1.807, 2.05) is 18.2 Å². The highest BCUT2D eigenvalue weighted by Gasteiger charge is 2.10. The van der Waals surface area contributed by atoms with Gasteiger partial charge >= 0.3 is 0 Å². The zero-order valence-electron chi connectivity index (χ0n) is 11.7. The van der Waals surface area contributed by atoms with E-state index < -0.39 is 0 Å². The maximum atomic E-state index is 13.2. The van der Waals surface area contributed by atoms with E-state index in [-0.39, 0.29) is 17.9 Å². The Kier molecular flexibility index (Phi) is 5.32. The van der Waals surface area contributed by atoms with E-state index >= 15 is 0 Å². The average molecular weight is 336 g/mol. The highest BCUT2D eigenvalue weighted by molar-refractivity contribution is 9.10. The van der Waals surface area contributed by atoms with Crippen LogP contribution < -0.4 is 5.32 Å². The summed E-state index contributed by atoms with van der Waals surface area (Å²) in [5.41, 5.74) is 2.27. The summed E-state index contributed by atoms with van der Waals surface area (Å²) >= 11 is 3.44. The first-order valence-corrected chi connectivity index (χ1v) is 7.60. The molecule has 0 aromatic heterocycles. The summed E-state index contributed by atoms with van der Waals surface area (Å²) in [4.78, 5) is 0. The highest BCUT2D eigenvalue weighted by Crippen LogP contribution is 2.17. The van der Waals surface area contributed by atoms with Gasteiger partial charge in [0, 0.05) is 16.6 Å². The van der Waals surface area contributed by atoms with Gasteiger partial charge in [-0.1, -0.05) is 40.2 Å². The minimum Gasteiger partial charge on any atom is -0.307 e. The molecular formula is C17H19BrFN. The van der Waals surface area contributed by atoms with Crippen molar-refractivity contribution >= 4 is 15.9 Å². The molecule has 0 saturated carbocycles. The molecular weight excluding hydrogens is 317 g/mol. The maximum absolute atomic E-state index is 13.2. The summed E-state index contributed by atoms with van der Waals surface area (Å²) in [7, 11) is 0. The normalized spacial score (nSPS) is 14.0. The topological polar surface area (TPSA) is 12.0 Å². The Labute approximate surface area is 128 Å². The molecule has 1 N–H and O–H groups in total. The van der Waals surface area contributed by atoms with Crippen LogP contribution in [0.4, 0.5) is 4.39 Å². The Morgan fingerprint density at radius 1 is 1.10 bits per heavy atom. The van der Waals surface area contributed by atoms with E-state index in [1.54, 1.807) is 12.1 Å². The lowest BCUT2D eigenvalue weighted by Crippen LogP contribution is -2.30. The van der Waals surface area contributed by atoms with Crippen molar-refractivity contribution in [1.82, 2.24) is 5.32 Å². The van der Waals surface area contributed by atoms with Crippen molar-refractivity contribution in [3.63, 3.8) is 0 Å². The first-order chi connectivity index (χ1) is 9.54. The summed E-state index contributed by atoms with van der Waals surface area (Å²) in [6, 6.07) is 15.7. The van der Waals surface area contributed by atoms with E-state index in [0.29, 0.717) is 0 Å². The van der Waals surface area contributed by atoms with Gasteiger partial charge in [-0.15, -0.1) is 0 Å². The summed E-state index contributed by atoms with van der Waals surface area (Å²) in [5.74, 6) is -0.171. The van der Waals surface area contributed by atoms with Crippen LogP contribution in [0.25, 0.3) is 0 Å². The highest BCUT2D eigenvalue weighted by atomic mass is 79.9. The molecule has 20 heavy (non-hydrogen) atoms. The maximum Gasteiger partial charge on any atom is 0.123 e. The molecule has 0 aliphatic carbocycles. The Morgan fingerprint density at radius 2 is 1.80 bits per heavy atom. The third-order valence-corrected chi connectivity index (χ3v) is 3.86. The third-order valence-electron chi connectivity index (χ3n) is 3.34. The fourth-order valence-corrected chi connectivity index (χ4v) is 2.62. The van der Waals surface area contributed by atoms with Gasteiger partial charge in [0.05, 0.1) is 0 Å². The first kappa shape index (κ1) is 15.2. The van der Waals surface area contributed by atoms with Crippen molar-refractivity contribution in [1.29, 1.82) is 0 Å². The van der Waals surface area contributed by atoms with E-state index in [1.165, 1.54) is 11.6 Å². The fourth-order valence-electron chi connectivity index (χ4n) is 2.35. The van der Waals surface area contributed by atoms with Crippen LogP contribution in [0.5, 0.6) is 0 Å². The Balaban J connectivity index is 1.93. The van der Waals surface area contributed by atoms with E-state index in [9.17, 15) is 4.39 Å². The largest absolute Gasteiger partial charge is 0.307 e. The van der Waals surface area contributed by atoms with Gasteiger partial charge in [-0.2, -0.15) is 0 Å². The van der Waals surface area contributed by atoms with E-state index in [4.69, 9.17) is 0 Å². The molecule has 2 aromatic carbocycles. The molecule has 0 heterocycles. The summed E-state index contributed by atoms with van der Waals surface area (Å²) in [6.45, 7) is 4.27. The Hall–Kier alpha value is -1.19. The van der Waals surface area contributed by atoms with Crippen LogP contribution in [-0.2, 0) is 6.42 Å². The van der Waals surface area contributed by atoms with E-state index in [2.05, 4.69) is 47.2 Å². The zero-order valence-corrected chi connectivity index (χ0v) is 13.3. The second kappa shape index (κ2) is 7.00. The van der Waals surface area contributed by atoms with Crippen LogP contribution in [0, 0.1) is 5.82 Å². The minimum absolute atomic E-state index is 0.171. The summed E-state index contributed by atoms with van der Waals surface area (Å²) in [6.07, 6.45) is 0.818. The molecule has 0 spiro atoms. The lowest BCUT2D eigenvalue weighted by atomic mass is 10.0. The fraction of sp³-hybridized carbons (Fsp3) is 0.294. The minimum atomic E-state index is -0.171. The summed E-state index contributed by atoms with van der Waals surface area (Å²) < 4.78 is 14.2. The van der Waals surface area contributed by atoms with Crippen molar-refractivity contribution in [2.45, 2.75) is 32.4 Å². The van der Waals surface area contributed by atoms with Crippen molar-refractivity contribution < 1.29 is 4.39 Å². The smallest absolute Gasteiger partial charge is 0.123 e. The van der Waals surface area contributed by atoms with Crippen LogP contribution in [0.2, 0.25) is 0 Å². The standard InChI is InChI=1S/C17H19BrFN/c1-12(10-14-4-3-5-17(19)11-14)20-13(2)15-6-8-16(18)9-7-15/h3-9,11-13,20H,10H2,1-2H3. The second-order valence-electron chi connectivity index (χ2n) is 5.17. The second-order valence-corrected chi connectivity index (χ2v) is 6.09. The van der Waals surface area contributed by atoms with Crippen LogP contribution in [0.3, 0.4) is 0 Å². The molecule has 1 nitrogen and oxygen atoms in total.